The predicted octanol–water partition coefficient (Wildman–Crippen LogP) is 4.62. The first kappa shape index (κ1) is 16.6. The van der Waals surface area contributed by atoms with Crippen molar-refractivity contribution in [3.05, 3.63) is 77.2 Å². The van der Waals surface area contributed by atoms with Crippen LogP contribution in [0.25, 0.3) is 16.9 Å². The van der Waals surface area contributed by atoms with E-state index in [0.717, 1.165) is 33.8 Å². The molecule has 0 aliphatic heterocycles. The number of hydrogen-bond donors (Lipinski definition) is 1. The van der Waals surface area contributed by atoms with Crippen LogP contribution in [0.3, 0.4) is 0 Å². The lowest BCUT2D eigenvalue weighted by atomic mass is 10.1. The van der Waals surface area contributed by atoms with Gasteiger partial charge in [-0.15, -0.1) is 0 Å². The van der Waals surface area contributed by atoms with Crippen molar-refractivity contribution in [3.8, 4) is 16.9 Å². The van der Waals surface area contributed by atoms with Crippen molar-refractivity contribution in [3.63, 3.8) is 0 Å². The van der Waals surface area contributed by atoms with Gasteiger partial charge in [0.15, 0.2) is 11.1 Å². The fourth-order valence-electron chi connectivity index (χ4n) is 2.78. The van der Waals surface area contributed by atoms with Gasteiger partial charge in [-0.1, -0.05) is 24.3 Å². The largest absolute Gasteiger partial charge is 0.314 e. The highest BCUT2D eigenvalue weighted by Crippen LogP contribution is 2.29. The minimum absolute atomic E-state index is 0.122. The van der Waals surface area contributed by atoms with Gasteiger partial charge in [0.2, 0.25) is 0 Å². The molecule has 0 saturated heterocycles. The van der Waals surface area contributed by atoms with Crippen LogP contribution in [0.2, 0.25) is 0 Å². The second kappa shape index (κ2) is 6.71. The zero-order valence-electron chi connectivity index (χ0n) is 13.5. The molecule has 1 aromatic heterocycles. The Morgan fingerprint density at radius 2 is 1.67 bits per heavy atom. The highest BCUT2D eigenvalue weighted by molar-refractivity contribution is 7.78. The number of halogens is 1. The van der Waals surface area contributed by atoms with Crippen LogP contribution in [0.4, 0.5) is 4.39 Å². The molecule has 3 nitrogen and oxygen atoms in total. The zero-order valence-corrected chi connectivity index (χ0v) is 14.3. The Hall–Kier alpha value is -2.24. The first-order valence-corrected chi connectivity index (χ1v) is 8.85. The van der Waals surface area contributed by atoms with Crippen molar-refractivity contribution in [1.82, 2.24) is 4.57 Å². The predicted molar refractivity (Wildman–Crippen MR) is 95.1 cm³/mol. The molecule has 0 saturated carbocycles. The molecule has 0 bridgehead atoms. The van der Waals surface area contributed by atoms with Crippen LogP contribution < -0.4 is 0 Å². The lowest BCUT2D eigenvalue weighted by molar-refractivity contribution is 0.563. The van der Waals surface area contributed by atoms with Gasteiger partial charge in [0, 0.05) is 11.4 Å². The zero-order chi connectivity index (χ0) is 17.3. The molecule has 124 valence electrons. The van der Waals surface area contributed by atoms with Crippen LogP contribution in [0.5, 0.6) is 0 Å². The Labute approximate surface area is 143 Å². The van der Waals surface area contributed by atoms with E-state index in [1.54, 1.807) is 12.1 Å². The molecule has 3 rings (SSSR count). The molecular formula is C19H18FNO2S. The van der Waals surface area contributed by atoms with Gasteiger partial charge in [-0.05, 0) is 60.9 Å². The fourth-order valence-corrected chi connectivity index (χ4v) is 3.26. The van der Waals surface area contributed by atoms with Crippen LogP contribution >= 0.6 is 0 Å². The van der Waals surface area contributed by atoms with Crippen molar-refractivity contribution in [1.29, 1.82) is 0 Å². The van der Waals surface area contributed by atoms with E-state index in [2.05, 4.69) is 10.6 Å². The molecular weight excluding hydrogens is 325 g/mol. The van der Waals surface area contributed by atoms with Gasteiger partial charge in [-0.25, -0.2) is 8.60 Å². The van der Waals surface area contributed by atoms with Crippen molar-refractivity contribution in [2.24, 2.45) is 0 Å². The van der Waals surface area contributed by atoms with Gasteiger partial charge in [0.05, 0.1) is 11.4 Å². The Morgan fingerprint density at radius 3 is 2.25 bits per heavy atom. The summed E-state index contributed by atoms with van der Waals surface area (Å²) in [5, 5.41) is 0. The van der Waals surface area contributed by atoms with Gasteiger partial charge in [0.1, 0.15) is 5.82 Å². The first-order valence-electron chi connectivity index (χ1n) is 7.57. The Bertz CT molecular complexity index is 883. The van der Waals surface area contributed by atoms with Crippen LogP contribution in [-0.2, 0) is 16.8 Å². The summed E-state index contributed by atoms with van der Waals surface area (Å²) in [5.41, 5.74) is 5.97. The van der Waals surface area contributed by atoms with E-state index in [4.69, 9.17) is 4.55 Å². The number of aryl methyl sites for hydroxylation is 1. The molecule has 1 N–H and O–H groups in total. The number of aromatic nitrogens is 1. The monoisotopic (exact) mass is 343 g/mol. The molecule has 24 heavy (non-hydrogen) atoms. The standard InChI is InChI=1S/C19H18FNO2S/c1-13-11-19(16-5-3-15(4-6-16)12-24(22)23)21(14(13)2)18-9-7-17(20)8-10-18/h3-11H,12H2,1-2H3,(H,22,23). The third-order valence-corrected chi connectivity index (χ3v) is 4.71. The van der Waals surface area contributed by atoms with Gasteiger partial charge < -0.3 is 9.12 Å². The third-order valence-electron chi connectivity index (χ3n) is 4.12. The van der Waals surface area contributed by atoms with E-state index in [9.17, 15) is 8.60 Å². The molecule has 1 atom stereocenters. The van der Waals surface area contributed by atoms with Crippen LogP contribution in [0, 0.1) is 19.7 Å². The van der Waals surface area contributed by atoms with Crippen LogP contribution in [-0.4, -0.2) is 13.3 Å². The smallest absolute Gasteiger partial charge is 0.157 e. The number of rotatable bonds is 4. The molecule has 2 aromatic carbocycles. The van der Waals surface area contributed by atoms with Crippen molar-refractivity contribution in [2.75, 3.05) is 0 Å². The van der Waals surface area contributed by atoms with Gasteiger partial charge in [-0.3, -0.25) is 0 Å². The second-order valence-electron chi connectivity index (χ2n) is 5.77. The molecule has 5 heteroatoms. The summed E-state index contributed by atoms with van der Waals surface area (Å²) in [6.07, 6.45) is 0. The maximum Gasteiger partial charge on any atom is 0.157 e. The van der Waals surface area contributed by atoms with Crippen LogP contribution in [0.1, 0.15) is 16.8 Å². The summed E-state index contributed by atoms with van der Waals surface area (Å²) in [5.74, 6) is -0.139. The number of benzene rings is 2. The molecule has 1 heterocycles. The quantitative estimate of drug-likeness (QED) is 0.702. The summed E-state index contributed by atoms with van der Waals surface area (Å²) in [6, 6.07) is 16.1. The Morgan fingerprint density at radius 1 is 1.04 bits per heavy atom. The lowest BCUT2D eigenvalue weighted by Crippen LogP contribution is -2.00. The maximum absolute atomic E-state index is 13.2. The highest BCUT2D eigenvalue weighted by atomic mass is 32.2. The lowest BCUT2D eigenvalue weighted by Gasteiger charge is -2.12. The topological polar surface area (TPSA) is 42.2 Å². The van der Waals surface area contributed by atoms with Crippen LogP contribution in [0.15, 0.2) is 54.6 Å². The van der Waals surface area contributed by atoms with E-state index >= 15 is 0 Å². The average Bonchev–Trinajstić information content (AvgIpc) is 2.84. The molecule has 1 unspecified atom stereocenters. The normalized spacial score (nSPS) is 12.3. The summed E-state index contributed by atoms with van der Waals surface area (Å²) in [7, 11) is 0. The molecule has 3 aromatic rings. The summed E-state index contributed by atoms with van der Waals surface area (Å²) < 4.78 is 35.2. The summed E-state index contributed by atoms with van der Waals surface area (Å²) in [4.78, 5) is 0. The molecule has 0 amide bonds. The van der Waals surface area contributed by atoms with E-state index in [1.165, 1.54) is 12.1 Å². The van der Waals surface area contributed by atoms with Crippen molar-refractivity contribution in [2.45, 2.75) is 19.6 Å². The minimum Gasteiger partial charge on any atom is -0.314 e. The van der Waals surface area contributed by atoms with E-state index in [1.807, 2.05) is 38.1 Å². The Kier molecular flexibility index (Phi) is 4.64. The van der Waals surface area contributed by atoms with Crippen molar-refractivity contribution >= 4 is 11.1 Å². The molecule has 0 radical (unpaired) electrons. The SMILES string of the molecule is Cc1cc(-c2ccc(CS(=O)O)cc2)n(-c2ccc(F)cc2)c1C. The van der Waals surface area contributed by atoms with Crippen molar-refractivity contribution < 1.29 is 13.2 Å². The average molecular weight is 343 g/mol. The molecule has 0 aliphatic carbocycles. The minimum atomic E-state index is -1.84. The maximum atomic E-state index is 13.2. The summed E-state index contributed by atoms with van der Waals surface area (Å²) in [6.45, 7) is 4.08. The number of hydrogen-bond acceptors (Lipinski definition) is 1. The fraction of sp³-hybridized carbons (Fsp3) is 0.158. The van der Waals surface area contributed by atoms with E-state index in [-0.39, 0.29) is 11.6 Å². The molecule has 0 aliphatic rings. The highest BCUT2D eigenvalue weighted by Gasteiger charge is 2.13. The van der Waals surface area contributed by atoms with E-state index < -0.39 is 11.1 Å². The molecule has 0 spiro atoms. The second-order valence-corrected chi connectivity index (χ2v) is 6.70. The van der Waals surface area contributed by atoms with Gasteiger partial charge >= 0.3 is 0 Å². The number of nitrogens with zero attached hydrogens (tertiary/aromatic N) is 1. The third kappa shape index (κ3) is 3.32. The van der Waals surface area contributed by atoms with Gasteiger partial charge in [-0.2, -0.15) is 0 Å². The summed E-state index contributed by atoms with van der Waals surface area (Å²) >= 11 is -1.84. The Balaban J connectivity index is 2.06. The van der Waals surface area contributed by atoms with Gasteiger partial charge in [0.25, 0.3) is 0 Å². The molecule has 0 fully saturated rings. The van der Waals surface area contributed by atoms with E-state index in [0.29, 0.717) is 0 Å². The first-order chi connectivity index (χ1) is 11.5.